The number of aromatic nitrogens is 1. The molecule has 2 aromatic carbocycles. The largest absolute Gasteiger partial charge is 0.497 e. The van der Waals surface area contributed by atoms with Crippen LogP contribution in [0.15, 0.2) is 51.9 Å². The van der Waals surface area contributed by atoms with Crippen molar-refractivity contribution in [1.82, 2.24) is 5.16 Å². The van der Waals surface area contributed by atoms with E-state index in [9.17, 15) is 0 Å². The van der Waals surface area contributed by atoms with E-state index in [0.717, 1.165) is 39.7 Å². The smallest absolute Gasteiger partial charge is 0.172 e. The lowest BCUT2D eigenvalue weighted by atomic mass is 9.79. The first-order chi connectivity index (χ1) is 13.1. The van der Waals surface area contributed by atoms with Crippen molar-refractivity contribution >= 4 is 18.4 Å². The third kappa shape index (κ3) is 3.14. The Hall–Kier alpha value is -2.60. The second kappa shape index (κ2) is 6.85. The molecule has 1 spiro atoms. The Balaban J connectivity index is 0.000000170. The molecule has 0 aliphatic heterocycles. The van der Waals surface area contributed by atoms with E-state index in [1.54, 1.807) is 14.2 Å². The highest BCUT2D eigenvalue weighted by Gasteiger charge is 2.50. The Kier molecular flexibility index (Phi) is 4.52. The fourth-order valence-corrected chi connectivity index (χ4v) is 3.92. The molecule has 5 rings (SSSR count). The van der Waals surface area contributed by atoms with Gasteiger partial charge in [0.1, 0.15) is 11.5 Å². The summed E-state index contributed by atoms with van der Waals surface area (Å²) < 4.78 is 15.7. The molecule has 0 amide bonds. The fourth-order valence-electron chi connectivity index (χ4n) is 3.66. The van der Waals surface area contributed by atoms with E-state index < -0.39 is 0 Å². The highest BCUT2D eigenvalue weighted by Crippen LogP contribution is 2.58. The molecule has 1 heterocycles. The number of thiol groups is 1. The van der Waals surface area contributed by atoms with Crippen molar-refractivity contribution in [3.05, 3.63) is 53.6 Å². The number of nitrogens with two attached hydrogens (primary N) is 1. The maximum atomic E-state index is 5.90. The van der Waals surface area contributed by atoms with Crippen LogP contribution in [0.2, 0.25) is 0 Å². The summed E-state index contributed by atoms with van der Waals surface area (Å²) in [5.74, 6) is 3.01. The third-order valence-electron chi connectivity index (χ3n) is 5.32. The number of fused-ring (bicyclic) bond motifs is 4. The lowest BCUT2D eigenvalue weighted by Crippen LogP contribution is -2.17. The zero-order valence-corrected chi connectivity index (χ0v) is 16.3. The molecule has 0 unspecified atom stereocenters. The van der Waals surface area contributed by atoms with Gasteiger partial charge in [-0.3, -0.25) is 0 Å². The van der Waals surface area contributed by atoms with Gasteiger partial charge < -0.3 is 19.7 Å². The number of hydrogen-bond donors (Lipinski definition) is 2. The zero-order chi connectivity index (χ0) is 19.0. The molecule has 27 heavy (non-hydrogen) atoms. The first kappa shape index (κ1) is 17.8. The van der Waals surface area contributed by atoms with Crippen LogP contribution < -0.4 is 15.2 Å². The van der Waals surface area contributed by atoms with E-state index in [0.29, 0.717) is 5.82 Å². The van der Waals surface area contributed by atoms with Gasteiger partial charge in [-0.2, -0.15) is 0 Å². The normalized spacial score (nSPS) is 15.2. The van der Waals surface area contributed by atoms with E-state index in [1.165, 1.54) is 18.4 Å². The van der Waals surface area contributed by atoms with Crippen molar-refractivity contribution in [2.24, 2.45) is 0 Å². The van der Waals surface area contributed by atoms with Gasteiger partial charge in [0.05, 0.1) is 14.2 Å². The minimum Gasteiger partial charge on any atom is -0.497 e. The fraction of sp³-hybridized carbons (Fsp3) is 0.286. The number of nitrogens with zero attached hydrogens (tertiary/aromatic N) is 1. The molecular formula is C21H22N2O3S. The van der Waals surface area contributed by atoms with Gasteiger partial charge in [0.2, 0.25) is 0 Å². The Morgan fingerprint density at radius 2 is 1.89 bits per heavy atom. The number of benzene rings is 2. The van der Waals surface area contributed by atoms with Gasteiger partial charge >= 0.3 is 0 Å². The predicted octanol–water partition coefficient (Wildman–Crippen LogP) is 4.50. The second-order valence-electron chi connectivity index (χ2n) is 6.92. The van der Waals surface area contributed by atoms with Crippen molar-refractivity contribution in [1.29, 1.82) is 0 Å². The van der Waals surface area contributed by atoms with Crippen LogP contribution in [0, 0.1) is 0 Å². The summed E-state index contributed by atoms with van der Waals surface area (Å²) in [4.78, 5) is 0.875. The van der Waals surface area contributed by atoms with E-state index in [4.69, 9.17) is 19.7 Å². The Morgan fingerprint density at radius 3 is 2.52 bits per heavy atom. The van der Waals surface area contributed by atoms with Crippen molar-refractivity contribution in [2.45, 2.75) is 29.6 Å². The molecule has 0 atom stereocenters. The summed E-state index contributed by atoms with van der Waals surface area (Å²) in [7, 11) is 3.31. The van der Waals surface area contributed by atoms with Gasteiger partial charge in [0.25, 0.3) is 0 Å². The topological polar surface area (TPSA) is 70.5 Å². The van der Waals surface area contributed by atoms with Crippen LogP contribution >= 0.6 is 12.6 Å². The van der Waals surface area contributed by atoms with Gasteiger partial charge in [0, 0.05) is 21.4 Å². The summed E-state index contributed by atoms with van der Waals surface area (Å²) in [5, 5.41) is 3.91. The number of methoxy groups -OCH3 is 2. The molecule has 2 N–H and O–H groups in total. The van der Waals surface area contributed by atoms with Crippen LogP contribution in [0.5, 0.6) is 11.5 Å². The van der Waals surface area contributed by atoms with E-state index in [2.05, 4.69) is 23.9 Å². The average molecular weight is 382 g/mol. The van der Waals surface area contributed by atoms with Crippen LogP contribution in [0.25, 0.3) is 11.3 Å². The van der Waals surface area contributed by atoms with Crippen molar-refractivity contribution in [3.8, 4) is 22.8 Å². The van der Waals surface area contributed by atoms with Gasteiger partial charge in [-0.15, -0.1) is 12.6 Å². The number of para-hydroxylation sites is 1. The maximum Gasteiger partial charge on any atom is 0.172 e. The van der Waals surface area contributed by atoms with E-state index in [1.807, 2.05) is 36.4 Å². The summed E-state index contributed by atoms with van der Waals surface area (Å²) in [6, 6.07) is 13.8. The molecule has 1 fully saturated rings. The standard InChI is InChI=1S/C14H14N2O2.C7H8OS/c1-17-8-2-3-11-9(6-8)12-10(13(15)16-18-12)7-14(11)4-5-14;1-8-6-4-2-3-5-7(6)9/h2-3,6H,4-5,7H2,1H3,(H2,15,16);2-5,9H,1H3. The SMILES string of the molecule is COc1ccc2c(c1)-c1onc(N)c1CC21CC1.COc1ccccc1S. The van der Waals surface area contributed by atoms with Crippen LogP contribution in [-0.2, 0) is 11.8 Å². The molecule has 140 valence electrons. The predicted molar refractivity (Wildman–Crippen MR) is 108 cm³/mol. The van der Waals surface area contributed by atoms with Crippen LogP contribution in [0.4, 0.5) is 5.82 Å². The number of hydrogen-bond acceptors (Lipinski definition) is 6. The molecule has 1 aromatic heterocycles. The summed E-state index contributed by atoms with van der Waals surface area (Å²) in [5.41, 5.74) is 9.69. The Labute approximate surface area is 163 Å². The van der Waals surface area contributed by atoms with Crippen LogP contribution in [0.1, 0.15) is 24.0 Å². The second-order valence-corrected chi connectivity index (χ2v) is 7.40. The average Bonchev–Trinajstić information content (AvgIpc) is 3.38. The highest BCUT2D eigenvalue weighted by molar-refractivity contribution is 7.80. The zero-order valence-electron chi connectivity index (χ0n) is 15.4. The lowest BCUT2D eigenvalue weighted by Gasteiger charge is -2.24. The summed E-state index contributed by atoms with van der Waals surface area (Å²) in [6.07, 6.45) is 3.39. The van der Waals surface area contributed by atoms with Gasteiger partial charge in [-0.05, 0) is 49.1 Å². The third-order valence-corrected chi connectivity index (χ3v) is 5.68. The van der Waals surface area contributed by atoms with Crippen molar-refractivity contribution < 1.29 is 14.0 Å². The van der Waals surface area contributed by atoms with Crippen molar-refractivity contribution in [3.63, 3.8) is 0 Å². The van der Waals surface area contributed by atoms with Crippen molar-refractivity contribution in [2.75, 3.05) is 20.0 Å². The number of rotatable bonds is 2. The molecule has 0 radical (unpaired) electrons. The van der Waals surface area contributed by atoms with Crippen LogP contribution in [-0.4, -0.2) is 19.4 Å². The minimum absolute atomic E-state index is 0.272. The molecular weight excluding hydrogens is 360 g/mol. The van der Waals surface area contributed by atoms with Gasteiger partial charge in [-0.25, -0.2) is 0 Å². The van der Waals surface area contributed by atoms with E-state index >= 15 is 0 Å². The molecule has 1 saturated carbocycles. The monoisotopic (exact) mass is 382 g/mol. The minimum atomic E-state index is 0.272. The van der Waals surface area contributed by atoms with E-state index in [-0.39, 0.29) is 5.41 Å². The number of anilines is 1. The number of nitrogen functional groups attached to an aromatic ring is 1. The first-order valence-electron chi connectivity index (χ1n) is 8.83. The highest BCUT2D eigenvalue weighted by atomic mass is 32.1. The quantitative estimate of drug-likeness (QED) is 0.639. The van der Waals surface area contributed by atoms with Gasteiger partial charge in [0.15, 0.2) is 11.6 Å². The summed E-state index contributed by atoms with van der Waals surface area (Å²) in [6.45, 7) is 0. The van der Waals surface area contributed by atoms with Crippen LogP contribution in [0.3, 0.4) is 0 Å². The Morgan fingerprint density at radius 1 is 1.11 bits per heavy atom. The molecule has 3 aromatic rings. The molecule has 0 saturated heterocycles. The molecule has 6 heteroatoms. The number of ether oxygens (including phenoxy) is 2. The lowest BCUT2D eigenvalue weighted by molar-refractivity contribution is 0.405. The summed E-state index contributed by atoms with van der Waals surface area (Å²) >= 11 is 4.15. The van der Waals surface area contributed by atoms with Gasteiger partial charge in [-0.1, -0.05) is 23.4 Å². The molecule has 2 aliphatic carbocycles. The molecule has 5 nitrogen and oxygen atoms in total. The Bertz CT molecular complexity index is 979. The molecule has 2 aliphatic rings. The first-order valence-corrected chi connectivity index (χ1v) is 9.27. The maximum absolute atomic E-state index is 5.90. The molecule has 0 bridgehead atoms.